The fraction of sp³-hybridized carbons (Fsp3) is 0.455. The maximum absolute atomic E-state index is 13.3. The van der Waals surface area contributed by atoms with E-state index in [0.29, 0.717) is 17.5 Å². The molecule has 0 aliphatic heterocycles. The first kappa shape index (κ1) is 10.2. The highest BCUT2D eigenvalue weighted by molar-refractivity contribution is 5.32. The minimum atomic E-state index is -0.965. The van der Waals surface area contributed by atoms with Gasteiger partial charge in [0.05, 0.1) is 5.60 Å². The molecule has 0 saturated heterocycles. The van der Waals surface area contributed by atoms with E-state index in [9.17, 15) is 9.50 Å². The van der Waals surface area contributed by atoms with E-state index in [1.54, 1.807) is 26.0 Å². The minimum absolute atomic E-state index is 0.234. The molecule has 0 aromatic heterocycles. The van der Waals surface area contributed by atoms with Crippen LogP contribution in [0.2, 0.25) is 0 Å². The first-order chi connectivity index (χ1) is 5.96. The summed E-state index contributed by atoms with van der Waals surface area (Å²) in [7, 11) is 0. The van der Waals surface area contributed by atoms with Crippen LogP contribution in [0.25, 0.3) is 0 Å². The molecule has 0 amide bonds. The van der Waals surface area contributed by atoms with Crippen LogP contribution in [-0.4, -0.2) is 5.11 Å². The number of benzene rings is 1. The third kappa shape index (κ3) is 2.07. The summed E-state index contributed by atoms with van der Waals surface area (Å²) in [5.41, 5.74) is 0.318. The fourth-order valence-electron chi connectivity index (χ4n) is 1.49. The first-order valence-electron chi connectivity index (χ1n) is 4.47. The number of rotatable bonds is 2. The fourth-order valence-corrected chi connectivity index (χ4v) is 1.49. The van der Waals surface area contributed by atoms with Crippen molar-refractivity contribution in [3.05, 3.63) is 35.1 Å². The molecule has 2 heteroatoms. The maximum Gasteiger partial charge on any atom is 0.126 e. The van der Waals surface area contributed by atoms with Gasteiger partial charge in [-0.05, 0) is 37.5 Å². The molecule has 13 heavy (non-hydrogen) atoms. The molecule has 0 aliphatic carbocycles. The van der Waals surface area contributed by atoms with E-state index >= 15 is 0 Å². The molecule has 0 atom stereocenters. The molecule has 0 spiro atoms. The molecule has 0 unspecified atom stereocenters. The van der Waals surface area contributed by atoms with Crippen LogP contribution >= 0.6 is 0 Å². The smallest absolute Gasteiger partial charge is 0.126 e. The van der Waals surface area contributed by atoms with Crippen LogP contribution in [0.15, 0.2) is 18.2 Å². The van der Waals surface area contributed by atoms with E-state index in [0.717, 1.165) is 0 Å². The lowest BCUT2D eigenvalue weighted by Gasteiger charge is -2.21. The van der Waals surface area contributed by atoms with Crippen molar-refractivity contribution in [2.45, 2.75) is 32.8 Å². The van der Waals surface area contributed by atoms with Gasteiger partial charge in [0.15, 0.2) is 0 Å². The Bertz CT molecular complexity index is 299. The maximum atomic E-state index is 13.3. The molecule has 0 fully saturated rings. The second-order valence-corrected chi connectivity index (χ2v) is 3.68. The molecule has 1 aromatic carbocycles. The van der Waals surface area contributed by atoms with Gasteiger partial charge in [-0.15, -0.1) is 0 Å². The first-order valence-corrected chi connectivity index (χ1v) is 4.47. The number of hydrogen-bond donors (Lipinski definition) is 1. The van der Waals surface area contributed by atoms with Gasteiger partial charge in [-0.1, -0.05) is 19.1 Å². The molecule has 0 heterocycles. The summed E-state index contributed by atoms with van der Waals surface area (Å²) < 4.78 is 13.3. The quantitative estimate of drug-likeness (QED) is 0.745. The Morgan fingerprint density at radius 2 is 2.00 bits per heavy atom. The Kier molecular flexibility index (Phi) is 2.71. The molecular formula is C11H15FO. The highest BCUT2D eigenvalue weighted by Crippen LogP contribution is 2.25. The summed E-state index contributed by atoms with van der Waals surface area (Å²) in [6.07, 6.45) is 0.603. The van der Waals surface area contributed by atoms with Crippen LogP contribution in [0.4, 0.5) is 4.39 Å². The lowest BCUT2D eigenvalue weighted by molar-refractivity contribution is 0.0772. The Morgan fingerprint density at radius 1 is 1.38 bits per heavy atom. The molecule has 1 N–H and O–H groups in total. The van der Waals surface area contributed by atoms with Gasteiger partial charge in [0.2, 0.25) is 0 Å². The molecule has 72 valence electrons. The molecule has 0 aliphatic rings. The largest absolute Gasteiger partial charge is 0.386 e. The molecule has 1 aromatic rings. The third-order valence-corrected chi connectivity index (χ3v) is 2.13. The van der Waals surface area contributed by atoms with Crippen molar-refractivity contribution in [2.24, 2.45) is 0 Å². The van der Waals surface area contributed by atoms with Crippen molar-refractivity contribution in [3.63, 3.8) is 0 Å². The number of aliphatic hydroxyl groups is 1. The van der Waals surface area contributed by atoms with Crippen LogP contribution in [0.3, 0.4) is 0 Å². The van der Waals surface area contributed by atoms with Crippen LogP contribution in [0, 0.1) is 5.82 Å². The van der Waals surface area contributed by atoms with Gasteiger partial charge in [0, 0.05) is 0 Å². The second kappa shape index (κ2) is 3.46. The average Bonchev–Trinajstić information content (AvgIpc) is 2.02. The standard InChI is InChI=1S/C11H15FO/c1-4-8-9(11(2,3)13)6-5-7-10(8)12/h5-7,13H,4H2,1-3H3. The summed E-state index contributed by atoms with van der Waals surface area (Å²) in [6.45, 7) is 5.22. The molecule has 1 rings (SSSR count). The van der Waals surface area contributed by atoms with Crippen molar-refractivity contribution in [1.29, 1.82) is 0 Å². The lowest BCUT2D eigenvalue weighted by Crippen LogP contribution is -2.18. The molecular weight excluding hydrogens is 167 g/mol. The molecule has 0 bridgehead atoms. The van der Waals surface area contributed by atoms with Crippen LogP contribution in [-0.2, 0) is 12.0 Å². The van der Waals surface area contributed by atoms with Gasteiger partial charge in [-0.3, -0.25) is 0 Å². The highest BCUT2D eigenvalue weighted by atomic mass is 19.1. The van der Waals surface area contributed by atoms with Crippen molar-refractivity contribution in [3.8, 4) is 0 Å². The van der Waals surface area contributed by atoms with Gasteiger partial charge < -0.3 is 5.11 Å². The molecule has 0 radical (unpaired) electrons. The minimum Gasteiger partial charge on any atom is -0.386 e. The van der Waals surface area contributed by atoms with E-state index in [-0.39, 0.29) is 5.82 Å². The topological polar surface area (TPSA) is 20.2 Å². The Balaban J connectivity index is 3.29. The monoisotopic (exact) mass is 182 g/mol. The summed E-state index contributed by atoms with van der Waals surface area (Å²) in [4.78, 5) is 0. The zero-order valence-corrected chi connectivity index (χ0v) is 8.26. The van der Waals surface area contributed by atoms with E-state index < -0.39 is 5.60 Å². The van der Waals surface area contributed by atoms with E-state index in [4.69, 9.17) is 0 Å². The summed E-state index contributed by atoms with van der Waals surface area (Å²) in [5, 5.41) is 9.76. The van der Waals surface area contributed by atoms with Crippen molar-refractivity contribution in [1.82, 2.24) is 0 Å². The van der Waals surface area contributed by atoms with Crippen LogP contribution in [0.5, 0.6) is 0 Å². The Morgan fingerprint density at radius 3 is 2.38 bits per heavy atom. The Labute approximate surface area is 78.2 Å². The molecule has 0 saturated carbocycles. The van der Waals surface area contributed by atoms with Crippen LogP contribution < -0.4 is 0 Å². The lowest BCUT2D eigenvalue weighted by atomic mass is 9.92. The molecule has 1 nitrogen and oxygen atoms in total. The summed E-state index contributed by atoms with van der Waals surface area (Å²) in [5.74, 6) is -0.234. The van der Waals surface area contributed by atoms with E-state index in [1.165, 1.54) is 6.07 Å². The number of halogens is 1. The van der Waals surface area contributed by atoms with Gasteiger partial charge >= 0.3 is 0 Å². The van der Waals surface area contributed by atoms with Gasteiger partial charge in [-0.25, -0.2) is 4.39 Å². The second-order valence-electron chi connectivity index (χ2n) is 3.68. The van der Waals surface area contributed by atoms with Crippen molar-refractivity contribution >= 4 is 0 Å². The van der Waals surface area contributed by atoms with Gasteiger partial charge in [-0.2, -0.15) is 0 Å². The zero-order chi connectivity index (χ0) is 10.1. The van der Waals surface area contributed by atoms with Crippen molar-refractivity contribution in [2.75, 3.05) is 0 Å². The highest BCUT2D eigenvalue weighted by Gasteiger charge is 2.20. The van der Waals surface area contributed by atoms with E-state index in [2.05, 4.69) is 0 Å². The predicted octanol–water partition coefficient (Wildman–Crippen LogP) is 2.62. The third-order valence-electron chi connectivity index (χ3n) is 2.13. The zero-order valence-electron chi connectivity index (χ0n) is 8.26. The van der Waals surface area contributed by atoms with Gasteiger partial charge in [0.25, 0.3) is 0 Å². The van der Waals surface area contributed by atoms with E-state index in [1.807, 2.05) is 6.92 Å². The summed E-state index contributed by atoms with van der Waals surface area (Å²) in [6, 6.07) is 4.82. The Hall–Kier alpha value is -0.890. The van der Waals surface area contributed by atoms with Gasteiger partial charge in [0.1, 0.15) is 5.82 Å². The number of hydrogen-bond acceptors (Lipinski definition) is 1. The predicted molar refractivity (Wildman–Crippen MR) is 51.0 cm³/mol. The summed E-state index contributed by atoms with van der Waals surface area (Å²) >= 11 is 0. The SMILES string of the molecule is CCc1c(F)cccc1C(C)(C)O. The van der Waals surface area contributed by atoms with Crippen LogP contribution in [0.1, 0.15) is 31.9 Å². The normalized spacial score (nSPS) is 11.8. The average molecular weight is 182 g/mol. The van der Waals surface area contributed by atoms with Crippen molar-refractivity contribution < 1.29 is 9.50 Å².